The number of hydrogen-bond donors (Lipinski definition) is 0. The zero-order valence-corrected chi connectivity index (χ0v) is 13.9. The summed E-state index contributed by atoms with van der Waals surface area (Å²) in [6, 6.07) is 0. The van der Waals surface area contributed by atoms with Gasteiger partial charge in [0.15, 0.2) is 0 Å². The van der Waals surface area contributed by atoms with Crippen molar-refractivity contribution in [3.8, 4) is 0 Å². The predicted octanol–water partition coefficient (Wildman–Crippen LogP) is -0.883. The molecule has 0 aromatic carbocycles. The molecule has 5 heavy (non-hydrogen) atoms. The molecule has 0 aliphatic heterocycles. The van der Waals surface area contributed by atoms with Gasteiger partial charge in [0.1, 0.15) is 0 Å². The molecule has 0 N–H and O–H groups in total. The monoisotopic (exact) mass is 396 g/mol. The Hall–Kier alpha value is 4.35. The van der Waals surface area contributed by atoms with Crippen LogP contribution in [0.3, 0.4) is 0 Å². The molecule has 0 amide bonds. The van der Waals surface area contributed by atoms with E-state index in [1.165, 1.54) is 0 Å². The van der Waals surface area contributed by atoms with E-state index in [0.29, 0.717) is 0 Å². The summed E-state index contributed by atoms with van der Waals surface area (Å²) in [4.78, 5) is 0. The zero-order chi connectivity index (χ0) is 2.00. The van der Waals surface area contributed by atoms with Crippen LogP contribution >= 0.6 is 0 Å². The molecule has 0 rings (SSSR count). The van der Waals surface area contributed by atoms with Crippen LogP contribution in [0.1, 0.15) is 0 Å². The molecule has 1 nitrogen and oxygen atoms in total. The van der Waals surface area contributed by atoms with E-state index in [2.05, 4.69) is 15.9 Å². The molecule has 0 aromatic heterocycles. The summed E-state index contributed by atoms with van der Waals surface area (Å²) >= 11 is 2.94. The van der Waals surface area contributed by atoms with Crippen molar-refractivity contribution >= 4 is 86.6 Å². The predicted molar refractivity (Wildman–Crippen MR) is 12.2 cm³/mol. The third kappa shape index (κ3) is 17.8. The first-order valence-corrected chi connectivity index (χ1v) is 0.508. The van der Waals surface area contributed by atoms with Crippen molar-refractivity contribution in [1.29, 1.82) is 0 Å². The molecule has 0 bridgehead atoms. The summed E-state index contributed by atoms with van der Waals surface area (Å²) < 4.78 is 7.81. The third-order valence-electron chi connectivity index (χ3n) is 0. The fraction of sp³-hybridized carbons (Fsp3) is 0. The van der Waals surface area contributed by atoms with Gasteiger partial charge in [-0.3, -0.25) is 0 Å². The molecule has 0 atom stereocenters. The van der Waals surface area contributed by atoms with Gasteiger partial charge in [-0.05, 0) is 0 Å². The molecule has 0 spiro atoms. The second kappa shape index (κ2) is 23.8. The molecule has 24 valence electrons. The summed E-state index contributed by atoms with van der Waals surface area (Å²) in [5.41, 5.74) is 0. The second-order valence-corrected chi connectivity index (χ2v) is 0. The fourth-order valence-corrected chi connectivity index (χ4v) is 0. The third-order valence-corrected chi connectivity index (χ3v) is 0. The van der Waals surface area contributed by atoms with Crippen LogP contribution in [0.4, 0.5) is 0 Å². The number of rotatable bonds is 0. The summed E-state index contributed by atoms with van der Waals surface area (Å²) in [7, 11) is 0. The van der Waals surface area contributed by atoms with Gasteiger partial charge in [-0.15, -0.1) is 0 Å². The Labute approximate surface area is 137 Å². The van der Waals surface area contributed by atoms with Crippen LogP contribution in [0.15, 0.2) is 0 Å². The Morgan fingerprint density at radius 1 is 1.20 bits per heavy atom. The molecule has 0 aliphatic rings. The van der Waals surface area contributed by atoms with Gasteiger partial charge in [-0.25, -0.2) is 0 Å². The summed E-state index contributed by atoms with van der Waals surface area (Å²) in [6.07, 6.45) is 0. The van der Waals surface area contributed by atoms with E-state index < -0.39 is 0 Å². The molecule has 0 fully saturated rings. The molecule has 0 aromatic rings. The second-order valence-electron chi connectivity index (χ2n) is 0. The first-order valence-electron chi connectivity index (χ1n) is 0.123. The van der Waals surface area contributed by atoms with Gasteiger partial charge >= 0.3 is 19.8 Å². The van der Waals surface area contributed by atoms with Crippen LogP contribution < -0.4 is 0 Å². The van der Waals surface area contributed by atoms with Crippen molar-refractivity contribution in [1.82, 2.24) is 0 Å². The number of hydrogen-bond acceptors (Lipinski definition) is 1. The van der Waals surface area contributed by atoms with E-state index in [1.54, 1.807) is 0 Å². The van der Waals surface area contributed by atoms with Gasteiger partial charge in [-0.2, -0.15) is 0 Å². The summed E-state index contributed by atoms with van der Waals surface area (Å²) in [5, 5.41) is 0. The van der Waals surface area contributed by atoms with Crippen LogP contribution in [-0.4, -0.2) is 86.6 Å². The Balaban J connectivity index is -0.00000000167. The van der Waals surface area contributed by atoms with Crippen LogP contribution in [0.5, 0.6) is 0 Å². The van der Waals surface area contributed by atoms with Crippen molar-refractivity contribution in [3.63, 3.8) is 0 Å². The zero-order valence-electron chi connectivity index (χ0n) is 2.70. The molecular weight excluding hydrogens is 396 g/mol. The normalized spacial score (nSPS) is 1.20. The van der Waals surface area contributed by atoms with Gasteiger partial charge in [0, 0.05) is 122 Å². The first-order chi connectivity index (χ1) is 1.00. The Morgan fingerprint density at radius 2 is 1.20 bits per heavy atom. The standard InChI is InChI=1S/Ba.Ca.Cu.La.O. The molecule has 0 heterocycles. The van der Waals surface area contributed by atoms with Gasteiger partial charge in [0.05, 0.1) is 0 Å². The Kier molecular flexibility index (Phi) is 109. The van der Waals surface area contributed by atoms with E-state index in [1.807, 2.05) is 0 Å². The van der Waals surface area contributed by atoms with Crippen LogP contribution in [0, 0.1) is 35.6 Å². The van der Waals surface area contributed by atoms with E-state index in [4.69, 9.17) is 3.83 Å². The molecule has 0 unspecified atom stereocenters. The van der Waals surface area contributed by atoms with Gasteiger partial charge in [-0.1, -0.05) is 0 Å². The van der Waals surface area contributed by atoms with Crippen molar-refractivity contribution in [2.45, 2.75) is 0 Å². The molecule has 0 saturated heterocycles. The van der Waals surface area contributed by atoms with Crippen LogP contribution in [0.25, 0.3) is 0 Å². The first kappa shape index (κ1) is 22.8. The summed E-state index contributed by atoms with van der Waals surface area (Å²) in [5.74, 6) is 0. The van der Waals surface area contributed by atoms with Gasteiger partial charge in [0.2, 0.25) is 0 Å². The summed E-state index contributed by atoms with van der Waals surface area (Å²) in [6.45, 7) is 0. The molecular formula is BaCaCuLaO. The quantitative estimate of drug-likeness (QED) is 0.487. The van der Waals surface area contributed by atoms with E-state index >= 15 is 0 Å². The van der Waals surface area contributed by atoms with Crippen molar-refractivity contribution < 1.29 is 55.4 Å². The van der Waals surface area contributed by atoms with Gasteiger partial charge in [0.25, 0.3) is 0 Å². The van der Waals surface area contributed by atoms with E-state index in [0.717, 1.165) is 0 Å². The topological polar surface area (TPSA) is 17.1 Å². The molecule has 0 saturated carbocycles. The van der Waals surface area contributed by atoms with Crippen molar-refractivity contribution in [3.05, 3.63) is 0 Å². The van der Waals surface area contributed by atoms with Crippen LogP contribution in [-0.2, 0) is 19.8 Å². The SMILES string of the molecule is [Ba].[Ca].[La].[O]=[Cu]. The maximum absolute atomic E-state index is 7.81. The Bertz CT molecular complexity index is 11.6. The molecule has 0 aliphatic carbocycles. The van der Waals surface area contributed by atoms with Crippen molar-refractivity contribution in [2.24, 2.45) is 0 Å². The van der Waals surface area contributed by atoms with E-state index in [9.17, 15) is 0 Å². The molecule has 5 heteroatoms. The Morgan fingerprint density at radius 3 is 1.20 bits per heavy atom. The fourth-order valence-electron chi connectivity index (χ4n) is 0. The average Bonchev–Trinajstić information content (AvgIpc) is 1.00. The van der Waals surface area contributed by atoms with Gasteiger partial charge < -0.3 is 0 Å². The minimum absolute atomic E-state index is 0. The van der Waals surface area contributed by atoms with E-state index in [-0.39, 0.29) is 122 Å². The van der Waals surface area contributed by atoms with Crippen molar-refractivity contribution in [2.75, 3.05) is 0 Å². The maximum atomic E-state index is 7.81. The average molecular weight is 396 g/mol. The molecule has 5 radical (unpaired) electrons. The van der Waals surface area contributed by atoms with Crippen LogP contribution in [0.2, 0.25) is 0 Å². The minimum atomic E-state index is 0.